The number of methoxy groups -OCH3 is 1. The summed E-state index contributed by atoms with van der Waals surface area (Å²) in [7, 11) is 1.55. The lowest BCUT2D eigenvalue weighted by atomic mass is 10.1. The lowest BCUT2D eigenvalue weighted by Crippen LogP contribution is -2.12. The van der Waals surface area contributed by atoms with Gasteiger partial charge in [0.15, 0.2) is 0 Å². The first-order valence-corrected chi connectivity index (χ1v) is 7.55. The van der Waals surface area contributed by atoms with Crippen molar-refractivity contribution in [2.75, 3.05) is 12.4 Å². The first kappa shape index (κ1) is 14.5. The monoisotopic (exact) mass is 315 g/mol. The Morgan fingerprint density at radius 3 is 2.68 bits per heavy atom. The van der Waals surface area contributed by atoms with Crippen LogP contribution in [0.4, 0.5) is 10.1 Å². The van der Waals surface area contributed by atoms with Crippen LogP contribution in [0.25, 0.3) is 10.1 Å². The lowest BCUT2D eigenvalue weighted by Gasteiger charge is -2.09. The SMILES string of the molecule is COc1ccccc1NC(=O)c1sc2cccc(F)c2c1C. The number of anilines is 1. The van der Waals surface area contributed by atoms with Gasteiger partial charge in [0.25, 0.3) is 5.91 Å². The van der Waals surface area contributed by atoms with E-state index in [4.69, 9.17) is 4.74 Å². The van der Waals surface area contributed by atoms with Gasteiger partial charge in [-0.25, -0.2) is 4.39 Å². The highest BCUT2D eigenvalue weighted by molar-refractivity contribution is 7.21. The van der Waals surface area contributed by atoms with Crippen molar-refractivity contribution in [2.45, 2.75) is 6.92 Å². The van der Waals surface area contributed by atoms with Crippen LogP contribution in [0.1, 0.15) is 15.2 Å². The smallest absolute Gasteiger partial charge is 0.266 e. The number of fused-ring (bicyclic) bond motifs is 1. The van der Waals surface area contributed by atoms with Crippen LogP contribution in [0.2, 0.25) is 0 Å². The Hall–Kier alpha value is -2.40. The summed E-state index contributed by atoms with van der Waals surface area (Å²) in [4.78, 5) is 13.0. The van der Waals surface area contributed by atoms with E-state index in [0.717, 1.165) is 4.70 Å². The van der Waals surface area contributed by atoms with E-state index in [-0.39, 0.29) is 11.7 Å². The number of hydrogen-bond donors (Lipinski definition) is 1. The molecule has 0 atom stereocenters. The van der Waals surface area contributed by atoms with E-state index >= 15 is 0 Å². The molecule has 2 aromatic carbocycles. The number of ether oxygens (including phenoxy) is 1. The normalized spacial score (nSPS) is 10.7. The molecule has 0 bridgehead atoms. The fourth-order valence-electron chi connectivity index (χ4n) is 2.40. The molecule has 0 fully saturated rings. The number of nitrogens with one attached hydrogen (secondary N) is 1. The molecule has 0 aliphatic heterocycles. The maximum atomic E-state index is 13.9. The van der Waals surface area contributed by atoms with Crippen molar-refractivity contribution in [3.05, 3.63) is 58.7 Å². The number of hydrogen-bond acceptors (Lipinski definition) is 3. The molecule has 0 unspecified atom stereocenters. The zero-order valence-electron chi connectivity index (χ0n) is 12.1. The van der Waals surface area contributed by atoms with Crippen molar-refractivity contribution >= 4 is 33.0 Å². The number of para-hydroxylation sites is 2. The van der Waals surface area contributed by atoms with Crippen LogP contribution in [0, 0.1) is 12.7 Å². The Balaban J connectivity index is 1.99. The van der Waals surface area contributed by atoms with Crippen molar-refractivity contribution in [1.82, 2.24) is 0 Å². The predicted octanol–water partition coefficient (Wildman–Crippen LogP) is 4.61. The summed E-state index contributed by atoms with van der Waals surface area (Å²) in [5.41, 5.74) is 1.25. The van der Waals surface area contributed by atoms with E-state index in [1.165, 1.54) is 17.4 Å². The number of aryl methyl sites for hydroxylation is 1. The third-order valence-corrected chi connectivity index (χ3v) is 4.72. The first-order chi connectivity index (χ1) is 10.6. The number of carbonyl (C=O) groups excluding carboxylic acids is 1. The number of amides is 1. The van der Waals surface area contributed by atoms with Gasteiger partial charge >= 0.3 is 0 Å². The molecule has 1 amide bonds. The predicted molar refractivity (Wildman–Crippen MR) is 87.5 cm³/mol. The van der Waals surface area contributed by atoms with Crippen molar-refractivity contribution in [2.24, 2.45) is 0 Å². The molecule has 0 radical (unpaired) electrons. The highest BCUT2D eigenvalue weighted by Crippen LogP contribution is 2.33. The second kappa shape index (κ2) is 5.77. The number of rotatable bonds is 3. The molecule has 3 nitrogen and oxygen atoms in total. The summed E-state index contributed by atoms with van der Waals surface area (Å²) >= 11 is 1.29. The second-order valence-electron chi connectivity index (χ2n) is 4.82. The van der Waals surface area contributed by atoms with Crippen LogP contribution in [-0.2, 0) is 0 Å². The third kappa shape index (κ3) is 2.44. The van der Waals surface area contributed by atoms with Gasteiger partial charge in [0.1, 0.15) is 11.6 Å². The van der Waals surface area contributed by atoms with E-state index in [1.54, 1.807) is 32.2 Å². The molecule has 3 rings (SSSR count). The largest absolute Gasteiger partial charge is 0.495 e. The zero-order valence-corrected chi connectivity index (χ0v) is 13.0. The molecule has 3 aromatic rings. The Labute approximate surface area is 131 Å². The molecule has 1 N–H and O–H groups in total. The molecule has 0 spiro atoms. The van der Waals surface area contributed by atoms with Gasteiger partial charge < -0.3 is 10.1 Å². The van der Waals surface area contributed by atoms with Crippen LogP contribution in [0.3, 0.4) is 0 Å². The topological polar surface area (TPSA) is 38.3 Å². The highest BCUT2D eigenvalue weighted by atomic mass is 32.1. The fourth-order valence-corrected chi connectivity index (χ4v) is 3.52. The van der Waals surface area contributed by atoms with E-state index in [1.807, 2.05) is 18.2 Å². The molecule has 1 aromatic heterocycles. The highest BCUT2D eigenvalue weighted by Gasteiger charge is 2.18. The standard InChI is InChI=1S/C17H14FNO2S/c1-10-15-11(18)6-5-9-14(15)22-16(10)17(20)19-12-7-3-4-8-13(12)21-2/h3-9H,1-2H3,(H,19,20). The second-order valence-corrected chi connectivity index (χ2v) is 5.88. The van der Waals surface area contributed by atoms with Crippen LogP contribution >= 0.6 is 11.3 Å². The van der Waals surface area contributed by atoms with Gasteiger partial charge in [0, 0.05) is 10.1 Å². The summed E-state index contributed by atoms with van der Waals surface area (Å²) in [6.07, 6.45) is 0. The van der Waals surface area contributed by atoms with E-state index in [9.17, 15) is 9.18 Å². The number of carbonyl (C=O) groups is 1. The molecule has 0 saturated heterocycles. The van der Waals surface area contributed by atoms with Gasteiger partial charge in [0.2, 0.25) is 0 Å². The fraction of sp³-hybridized carbons (Fsp3) is 0.118. The van der Waals surface area contributed by atoms with Crippen LogP contribution in [-0.4, -0.2) is 13.0 Å². The Morgan fingerprint density at radius 1 is 1.18 bits per heavy atom. The molecule has 0 saturated carbocycles. The van der Waals surface area contributed by atoms with Gasteiger partial charge in [0.05, 0.1) is 17.7 Å². The molecule has 112 valence electrons. The van der Waals surface area contributed by atoms with Crippen LogP contribution in [0.5, 0.6) is 5.75 Å². The Morgan fingerprint density at radius 2 is 1.95 bits per heavy atom. The van der Waals surface area contributed by atoms with Crippen molar-refractivity contribution in [1.29, 1.82) is 0 Å². The number of halogens is 1. The average Bonchev–Trinajstić information content (AvgIpc) is 2.86. The molecule has 22 heavy (non-hydrogen) atoms. The molecular weight excluding hydrogens is 301 g/mol. The van der Waals surface area contributed by atoms with Crippen molar-refractivity contribution in [3.8, 4) is 5.75 Å². The molecular formula is C17H14FNO2S. The van der Waals surface area contributed by atoms with Crippen molar-refractivity contribution < 1.29 is 13.9 Å². The summed E-state index contributed by atoms with van der Waals surface area (Å²) < 4.78 is 19.9. The summed E-state index contributed by atoms with van der Waals surface area (Å²) in [6, 6.07) is 12.0. The quantitative estimate of drug-likeness (QED) is 0.766. The van der Waals surface area contributed by atoms with E-state index in [2.05, 4.69) is 5.32 Å². The van der Waals surface area contributed by atoms with Crippen LogP contribution < -0.4 is 10.1 Å². The van der Waals surface area contributed by atoms with Gasteiger partial charge in [-0.15, -0.1) is 11.3 Å². The third-order valence-electron chi connectivity index (χ3n) is 3.46. The summed E-state index contributed by atoms with van der Waals surface area (Å²) in [5.74, 6) is 0.0194. The summed E-state index contributed by atoms with van der Waals surface area (Å²) in [5, 5.41) is 3.33. The van der Waals surface area contributed by atoms with Crippen molar-refractivity contribution in [3.63, 3.8) is 0 Å². The number of thiophene rings is 1. The maximum Gasteiger partial charge on any atom is 0.266 e. The van der Waals surface area contributed by atoms with Gasteiger partial charge in [-0.05, 0) is 36.8 Å². The van der Waals surface area contributed by atoms with Crippen LogP contribution in [0.15, 0.2) is 42.5 Å². The van der Waals surface area contributed by atoms with Gasteiger partial charge in [-0.2, -0.15) is 0 Å². The molecule has 5 heteroatoms. The number of benzene rings is 2. The minimum atomic E-state index is -0.303. The molecule has 1 heterocycles. The zero-order chi connectivity index (χ0) is 15.7. The Kier molecular flexibility index (Phi) is 3.81. The molecule has 0 aliphatic carbocycles. The van der Waals surface area contributed by atoms with E-state index < -0.39 is 0 Å². The van der Waals surface area contributed by atoms with Gasteiger partial charge in [-0.3, -0.25) is 4.79 Å². The molecule has 0 aliphatic rings. The maximum absolute atomic E-state index is 13.9. The average molecular weight is 315 g/mol. The van der Waals surface area contributed by atoms with Gasteiger partial charge in [-0.1, -0.05) is 18.2 Å². The minimum Gasteiger partial charge on any atom is -0.495 e. The van der Waals surface area contributed by atoms with E-state index in [0.29, 0.717) is 27.3 Å². The first-order valence-electron chi connectivity index (χ1n) is 6.74. The Bertz CT molecular complexity index is 857. The summed E-state index contributed by atoms with van der Waals surface area (Å²) in [6.45, 7) is 1.76. The minimum absolute atomic E-state index is 0.261. The lowest BCUT2D eigenvalue weighted by molar-refractivity contribution is 0.102.